The van der Waals surface area contributed by atoms with Crippen LogP contribution in [0, 0.1) is 12.5 Å². The average molecular weight is 163 g/mol. The molecule has 1 saturated heterocycles. The van der Waals surface area contributed by atoms with E-state index in [1.54, 1.807) is 0 Å². The van der Waals surface area contributed by atoms with E-state index in [0.717, 1.165) is 5.92 Å². The monoisotopic (exact) mass is 162 g/mol. The van der Waals surface area contributed by atoms with Crippen LogP contribution in [0.15, 0.2) is 0 Å². The van der Waals surface area contributed by atoms with Crippen LogP contribution >= 0.6 is 15.9 Å². The molecule has 0 saturated carbocycles. The fourth-order valence-corrected chi connectivity index (χ4v) is 1.47. The van der Waals surface area contributed by atoms with E-state index in [9.17, 15) is 0 Å². The highest BCUT2D eigenvalue weighted by Gasteiger charge is 2.16. The highest BCUT2D eigenvalue weighted by atomic mass is 79.9. The second kappa shape index (κ2) is 2.14. The van der Waals surface area contributed by atoms with E-state index < -0.39 is 0 Å². The molecule has 1 nitrogen and oxygen atoms in total. The predicted molar refractivity (Wildman–Crippen MR) is 33.9 cm³/mol. The van der Waals surface area contributed by atoms with E-state index in [1.165, 1.54) is 6.42 Å². The van der Waals surface area contributed by atoms with Gasteiger partial charge in [-0.05, 0) is 12.3 Å². The lowest BCUT2D eigenvalue weighted by atomic mass is 10.2. The first-order valence-electron chi connectivity index (χ1n) is 2.52. The summed E-state index contributed by atoms with van der Waals surface area (Å²) >= 11 is 3.44. The minimum absolute atomic E-state index is 0.530. The van der Waals surface area contributed by atoms with Gasteiger partial charge in [-0.2, -0.15) is 0 Å². The van der Waals surface area contributed by atoms with E-state index in [2.05, 4.69) is 34.7 Å². The number of nitrogens with one attached hydrogen (secondary N) is 1. The molecule has 0 spiro atoms. The third-order valence-electron chi connectivity index (χ3n) is 1.14. The molecule has 0 aromatic rings. The van der Waals surface area contributed by atoms with E-state index in [4.69, 9.17) is 0 Å². The highest BCUT2D eigenvalue weighted by Crippen LogP contribution is 2.19. The second-order valence-electron chi connectivity index (χ2n) is 2.01. The van der Waals surface area contributed by atoms with Crippen LogP contribution in [0.1, 0.15) is 13.3 Å². The average Bonchev–Trinajstić information content (AvgIpc) is 1.87. The zero-order chi connectivity index (χ0) is 5.28. The van der Waals surface area contributed by atoms with Crippen LogP contribution in [0.5, 0.6) is 0 Å². The number of hydrogen-bond acceptors (Lipinski definition) is 1. The number of halogens is 1. The van der Waals surface area contributed by atoms with Gasteiger partial charge in [0.05, 0.1) is 4.95 Å². The Bertz CT molecular complexity index is 57.1. The van der Waals surface area contributed by atoms with Crippen molar-refractivity contribution in [3.8, 4) is 0 Å². The summed E-state index contributed by atoms with van der Waals surface area (Å²) < 4.78 is 0. The quantitative estimate of drug-likeness (QED) is 0.421. The van der Waals surface area contributed by atoms with Gasteiger partial charge in [0.15, 0.2) is 0 Å². The van der Waals surface area contributed by atoms with Crippen molar-refractivity contribution in [2.75, 3.05) is 0 Å². The maximum atomic E-state index is 3.44. The van der Waals surface area contributed by atoms with Crippen LogP contribution in [0.2, 0.25) is 0 Å². The highest BCUT2D eigenvalue weighted by molar-refractivity contribution is 9.09. The van der Waals surface area contributed by atoms with Crippen LogP contribution in [0.4, 0.5) is 0 Å². The van der Waals surface area contributed by atoms with E-state index >= 15 is 0 Å². The summed E-state index contributed by atoms with van der Waals surface area (Å²) in [5, 5.41) is 3.16. The Hall–Kier alpha value is 0.440. The molecule has 1 N–H and O–H groups in total. The molecule has 2 atom stereocenters. The van der Waals surface area contributed by atoms with Gasteiger partial charge >= 0.3 is 0 Å². The lowest BCUT2D eigenvalue weighted by molar-refractivity contribution is 0.702. The van der Waals surface area contributed by atoms with Crippen molar-refractivity contribution in [2.45, 2.75) is 18.3 Å². The van der Waals surface area contributed by atoms with Crippen molar-refractivity contribution in [2.24, 2.45) is 5.92 Å². The summed E-state index contributed by atoms with van der Waals surface area (Å²) in [4.78, 5) is 0.530. The van der Waals surface area contributed by atoms with Gasteiger partial charge < -0.3 is 5.32 Å². The van der Waals surface area contributed by atoms with E-state index in [0.29, 0.717) is 4.95 Å². The topological polar surface area (TPSA) is 12.0 Å². The Morgan fingerprint density at radius 1 is 1.86 bits per heavy atom. The van der Waals surface area contributed by atoms with Gasteiger partial charge in [0.1, 0.15) is 0 Å². The first-order chi connectivity index (χ1) is 3.29. The fourth-order valence-electron chi connectivity index (χ4n) is 0.731. The third-order valence-corrected chi connectivity index (χ3v) is 1.78. The van der Waals surface area contributed by atoms with Crippen LogP contribution in [-0.4, -0.2) is 4.95 Å². The smallest absolute Gasteiger partial charge is 0.0636 e. The summed E-state index contributed by atoms with van der Waals surface area (Å²) in [7, 11) is 0. The van der Waals surface area contributed by atoms with Gasteiger partial charge in [-0.1, -0.05) is 22.9 Å². The van der Waals surface area contributed by atoms with Gasteiger partial charge in [0.25, 0.3) is 0 Å². The fraction of sp³-hybridized carbons (Fsp3) is 0.800. The summed E-state index contributed by atoms with van der Waals surface area (Å²) in [5.74, 6) is 0.740. The van der Waals surface area contributed by atoms with E-state index in [-0.39, 0.29) is 0 Å². The standard InChI is InChI=1S/C5H9BrN/c1-4-2-5(6)7-3-4/h3-5,7H,2H2,1H3. The lowest BCUT2D eigenvalue weighted by Crippen LogP contribution is -2.09. The molecule has 0 bridgehead atoms. The molecule has 7 heavy (non-hydrogen) atoms. The maximum absolute atomic E-state index is 3.44. The van der Waals surface area contributed by atoms with Gasteiger partial charge in [0.2, 0.25) is 0 Å². The van der Waals surface area contributed by atoms with Crippen molar-refractivity contribution < 1.29 is 0 Å². The molecule has 0 aromatic carbocycles. The molecule has 2 unspecified atom stereocenters. The number of hydrogen-bond donors (Lipinski definition) is 1. The predicted octanol–water partition coefficient (Wildman–Crippen LogP) is 1.50. The number of rotatable bonds is 0. The van der Waals surface area contributed by atoms with Crippen molar-refractivity contribution >= 4 is 15.9 Å². The van der Waals surface area contributed by atoms with Crippen molar-refractivity contribution in [1.29, 1.82) is 0 Å². The summed E-state index contributed by atoms with van der Waals surface area (Å²) in [6.07, 6.45) is 1.22. The normalized spacial score (nSPS) is 42.0. The Labute approximate surface area is 52.6 Å². The van der Waals surface area contributed by atoms with Gasteiger partial charge in [-0.3, -0.25) is 0 Å². The Morgan fingerprint density at radius 2 is 2.57 bits per heavy atom. The molecule has 1 heterocycles. The second-order valence-corrected chi connectivity index (χ2v) is 3.12. The van der Waals surface area contributed by atoms with E-state index in [1.807, 2.05) is 0 Å². The largest absolute Gasteiger partial charge is 0.300 e. The third kappa shape index (κ3) is 1.42. The Kier molecular flexibility index (Phi) is 1.70. The first-order valence-corrected chi connectivity index (χ1v) is 3.44. The molecule has 0 aliphatic carbocycles. The molecular formula is C5H9BrN. The minimum Gasteiger partial charge on any atom is -0.300 e. The SMILES string of the molecule is CC1[CH]NC(Br)C1. The molecule has 1 rings (SSSR count). The summed E-state index contributed by atoms with van der Waals surface area (Å²) in [5.41, 5.74) is 0. The molecule has 1 fully saturated rings. The summed E-state index contributed by atoms with van der Waals surface area (Å²) in [6.45, 7) is 4.33. The van der Waals surface area contributed by atoms with Gasteiger partial charge in [0, 0.05) is 6.54 Å². The zero-order valence-electron chi connectivity index (χ0n) is 4.32. The first kappa shape index (κ1) is 5.57. The van der Waals surface area contributed by atoms with Gasteiger partial charge in [-0.15, -0.1) is 0 Å². The van der Waals surface area contributed by atoms with Gasteiger partial charge in [-0.25, -0.2) is 0 Å². The van der Waals surface area contributed by atoms with Crippen molar-refractivity contribution in [1.82, 2.24) is 5.32 Å². The van der Waals surface area contributed by atoms with Crippen LogP contribution in [0.25, 0.3) is 0 Å². The molecule has 2 heteroatoms. The Balaban J connectivity index is 2.26. The minimum atomic E-state index is 0.530. The molecule has 0 aromatic heterocycles. The molecule has 41 valence electrons. The number of alkyl halides is 1. The molecule has 1 aliphatic heterocycles. The molecule has 0 amide bonds. The summed E-state index contributed by atoms with van der Waals surface area (Å²) in [6, 6.07) is 0. The molecular weight excluding hydrogens is 154 g/mol. The molecule has 1 radical (unpaired) electrons. The van der Waals surface area contributed by atoms with Crippen LogP contribution < -0.4 is 5.32 Å². The Morgan fingerprint density at radius 3 is 2.71 bits per heavy atom. The lowest BCUT2D eigenvalue weighted by Gasteiger charge is -1.93. The van der Waals surface area contributed by atoms with Crippen LogP contribution in [0.3, 0.4) is 0 Å². The van der Waals surface area contributed by atoms with Crippen molar-refractivity contribution in [3.05, 3.63) is 6.54 Å². The van der Waals surface area contributed by atoms with Crippen LogP contribution in [-0.2, 0) is 0 Å². The molecule has 1 aliphatic rings. The zero-order valence-corrected chi connectivity index (χ0v) is 5.90. The van der Waals surface area contributed by atoms with Crippen molar-refractivity contribution in [3.63, 3.8) is 0 Å². The maximum Gasteiger partial charge on any atom is 0.0636 e.